The highest BCUT2D eigenvalue weighted by Crippen LogP contribution is 2.37. The second-order valence-corrected chi connectivity index (χ2v) is 8.54. The van der Waals surface area contributed by atoms with Crippen molar-refractivity contribution in [3.05, 3.63) is 23.8 Å². The fraction of sp³-hybridized carbons (Fsp3) is 0.600. The van der Waals surface area contributed by atoms with Crippen molar-refractivity contribution in [2.24, 2.45) is 0 Å². The molecule has 2 aliphatic heterocycles. The van der Waals surface area contributed by atoms with Crippen LogP contribution in [0.4, 0.5) is 14.5 Å². The number of benzene rings is 1. The smallest absolute Gasteiger partial charge is 0.399 e. The van der Waals surface area contributed by atoms with Crippen LogP contribution in [0.25, 0.3) is 0 Å². The van der Waals surface area contributed by atoms with Gasteiger partial charge in [0.1, 0.15) is 6.04 Å². The van der Waals surface area contributed by atoms with Crippen LogP contribution in [0.2, 0.25) is 0 Å². The molecule has 2 saturated heterocycles. The summed E-state index contributed by atoms with van der Waals surface area (Å²) in [5.41, 5.74) is -1.58. The summed E-state index contributed by atoms with van der Waals surface area (Å²) >= 11 is 0. The molecule has 0 aliphatic carbocycles. The van der Waals surface area contributed by atoms with Crippen molar-refractivity contribution >= 4 is 30.1 Å². The van der Waals surface area contributed by atoms with Crippen molar-refractivity contribution in [3.8, 4) is 0 Å². The van der Waals surface area contributed by atoms with Crippen molar-refractivity contribution in [1.82, 2.24) is 5.32 Å². The summed E-state index contributed by atoms with van der Waals surface area (Å²) < 4.78 is 41.3. The Morgan fingerprint density at radius 3 is 2.41 bits per heavy atom. The Balaban J connectivity index is 1.80. The molecule has 1 unspecified atom stereocenters. The average Bonchev–Trinajstić information content (AvgIpc) is 3.07. The predicted octanol–water partition coefficient (Wildman–Crippen LogP) is 2.29. The first-order chi connectivity index (χ1) is 13.5. The molecule has 1 aromatic carbocycles. The van der Waals surface area contributed by atoms with Crippen molar-refractivity contribution in [2.75, 3.05) is 11.4 Å². The lowest BCUT2D eigenvalue weighted by molar-refractivity contribution is -0.126. The molecule has 0 spiro atoms. The number of amides is 2. The van der Waals surface area contributed by atoms with Crippen molar-refractivity contribution in [2.45, 2.75) is 71.1 Å². The minimum absolute atomic E-state index is 0.0515. The number of nitrogens with one attached hydrogen (secondary N) is 1. The van der Waals surface area contributed by atoms with E-state index >= 15 is 0 Å². The van der Waals surface area contributed by atoms with E-state index in [4.69, 9.17) is 9.31 Å². The highest BCUT2D eigenvalue weighted by molar-refractivity contribution is 6.62. The standard InChI is InChI=1S/C20H27BF2N2O4/c1-6-7-15(26)24-13-10-11-25(18(13)27)14-9-8-12(16(22)17(14)23)21-28-19(2,3)20(4,5)29-21/h8-9,13H,6-7,10-11H2,1-5H3,(H,24,26). The number of carbonyl (C=O) groups is 2. The van der Waals surface area contributed by atoms with Gasteiger partial charge in [-0.2, -0.15) is 0 Å². The molecule has 2 fully saturated rings. The van der Waals surface area contributed by atoms with Crippen LogP contribution >= 0.6 is 0 Å². The molecule has 1 aromatic rings. The minimum atomic E-state index is -1.13. The number of nitrogens with zero attached hydrogens (tertiary/aromatic N) is 1. The number of hydrogen-bond acceptors (Lipinski definition) is 4. The number of hydrogen-bond donors (Lipinski definition) is 1. The molecule has 29 heavy (non-hydrogen) atoms. The van der Waals surface area contributed by atoms with Crippen molar-refractivity contribution in [3.63, 3.8) is 0 Å². The summed E-state index contributed by atoms with van der Waals surface area (Å²) in [5, 5.41) is 2.65. The Morgan fingerprint density at radius 1 is 1.21 bits per heavy atom. The molecule has 3 rings (SSSR count). The molecule has 9 heteroatoms. The van der Waals surface area contributed by atoms with Crippen LogP contribution in [0.5, 0.6) is 0 Å². The topological polar surface area (TPSA) is 67.9 Å². The van der Waals surface area contributed by atoms with E-state index in [1.807, 2.05) is 34.6 Å². The minimum Gasteiger partial charge on any atom is -0.399 e. The summed E-state index contributed by atoms with van der Waals surface area (Å²) in [6, 6.07) is 2.01. The van der Waals surface area contributed by atoms with E-state index in [9.17, 15) is 18.4 Å². The molecule has 0 bridgehead atoms. The van der Waals surface area contributed by atoms with Crippen molar-refractivity contribution in [1.29, 1.82) is 0 Å². The first kappa shape index (κ1) is 21.7. The normalized spacial score (nSPS) is 23.0. The van der Waals surface area contributed by atoms with Gasteiger partial charge in [0.15, 0.2) is 11.6 Å². The molecule has 1 atom stereocenters. The molecule has 2 aliphatic rings. The van der Waals surface area contributed by atoms with E-state index in [1.165, 1.54) is 17.0 Å². The van der Waals surface area contributed by atoms with Crippen molar-refractivity contribution < 1.29 is 27.7 Å². The van der Waals surface area contributed by atoms with Crippen LogP contribution in [0, 0.1) is 11.6 Å². The third kappa shape index (κ3) is 3.90. The monoisotopic (exact) mass is 408 g/mol. The number of carbonyl (C=O) groups excluding carboxylic acids is 2. The second-order valence-electron chi connectivity index (χ2n) is 8.54. The summed E-state index contributed by atoms with van der Waals surface area (Å²) in [6.45, 7) is 9.36. The molecule has 0 aromatic heterocycles. The Hall–Kier alpha value is -2.00. The third-order valence-corrected chi connectivity index (χ3v) is 5.91. The van der Waals surface area contributed by atoms with Crippen LogP contribution in [-0.4, -0.2) is 42.7 Å². The lowest BCUT2D eigenvalue weighted by Gasteiger charge is -2.32. The van der Waals surface area contributed by atoms with Crippen LogP contribution in [0.3, 0.4) is 0 Å². The van der Waals surface area contributed by atoms with Gasteiger partial charge in [0.25, 0.3) is 0 Å². The fourth-order valence-corrected chi connectivity index (χ4v) is 3.46. The molecule has 2 heterocycles. The van der Waals surface area contributed by atoms with Crippen LogP contribution in [0.1, 0.15) is 53.9 Å². The zero-order valence-electron chi connectivity index (χ0n) is 17.5. The number of rotatable bonds is 5. The average molecular weight is 408 g/mol. The van der Waals surface area contributed by atoms with E-state index in [0.717, 1.165) is 0 Å². The molecule has 158 valence electrons. The zero-order chi connectivity index (χ0) is 21.6. The Labute approximate surface area is 170 Å². The van der Waals surface area contributed by atoms with E-state index in [1.54, 1.807) is 0 Å². The number of halogens is 2. The molecule has 0 saturated carbocycles. The first-order valence-corrected chi connectivity index (χ1v) is 9.92. The van der Waals surface area contributed by atoms with Gasteiger partial charge in [-0.05, 0) is 46.6 Å². The highest BCUT2D eigenvalue weighted by atomic mass is 19.2. The summed E-state index contributed by atoms with van der Waals surface area (Å²) in [5.74, 6) is -2.91. The second kappa shape index (κ2) is 7.68. The fourth-order valence-electron chi connectivity index (χ4n) is 3.46. The van der Waals surface area contributed by atoms with Gasteiger partial charge in [-0.15, -0.1) is 0 Å². The molecule has 6 nitrogen and oxygen atoms in total. The molecule has 1 N–H and O–H groups in total. The van der Waals surface area contributed by atoms with E-state index in [-0.39, 0.29) is 23.6 Å². The van der Waals surface area contributed by atoms with Crippen LogP contribution in [0.15, 0.2) is 12.1 Å². The van der Waals surface area contributed by atoms with Gasteiger partial charge >= 0.3 is 7.12 Å². The third-order valence-electron chi connectivity index (χ3n) is 5.91. The quantitative estimate of drug-likeness (QED) is 0.760. The van der Waals surface area contributed by atoms with Gasteiger partial charge in [-0.3, -0.25) is 9.59 Å². The van der Waals surface area contributed by atoms with E-state index < -0.39 is 41.9 Å². The molecular formula is C20H27BF2N2O4. The van der Waals surface area contributed by atoms with Crippen LogP contribution < -0.4 is 15.7 Å². The zero-order valence-corrected chi connectivity index (χ0v) is 17.5. The Kier molecular flexibility index (Phi) is 5.75. The highest BCUT2D eigenvalue weighted by Gasteiger charge is 2.52. The molecular weight excluding hydrogens is 381 g/mol. The van der Waals surface area contributed by atoms with Gasteiger partial charge in [0.05, 0.1) is 16.9 Å². The SMILES string of the molecule is CCCC(=O)NC1CCN(c2ccc(B3OC(C)(C)C(C)(C)O3)c(F)c2F)C1=O. The first-order valence-electron chi connectivity index (χ1n) is 9.92. The van der Waals surface area contributed by atoms with Crippen LogP contribution in [-0.2, 0) is 18.9 Å². The van der Waals surface area contributed by atoms with Gasteiger partial charge in [0.2, 0.25) is 11.8 Å². The predicted molar refractivity (Wildman–Crippen MR) is 106 cm³/mol. The van der Waals surface area contributed by atoms with E-state index in [0.29, 0.717) is 19.3 Å². The summed E-state index contributed by atoms with van der Waals surface area (Å²) in [4.78, 5) is 25.5. The van der Waals surface area contributed by atoms with Gasteiger partial charge in [-0.25, -0.2) is 8.78 Å². The molecule has 2 amide bonds. The Morgan fingerprint density at radius 2 is 1.83 bits per heavy atom. The van der Waals surface area contributed by atoms with Gasteiger partial charge < -0.3 is 19.5 Å². The maximum absolute atomic E-state index is 14.9. The Bertz CT molecular complexity index is 815. The number of anilines is 1. The van der Waals surface area contributed by atoms with Gasteiger partial charge in [0, 0.05) is 18.4 Å². The largest absolute Gasteiger partial charge is 0.497 e. The summed E-state index contributed by atoms with van der Waals surface area (Å²) in [7, 11) is -1.04. The van der Waals surface area contributed by atoms with Gasteiger partial charge in [-0.1, -0.05) is 13.0 Å². The lowest BCUT2D eigenvalue weighted by atomic mass is 9.78. The summed E-state index contributed by atoms with van der Waals surface area (Å²) in [6.07, 6.45) is 1.32. The van der Waals surface area contributed by atoms with E-state index in [2.05, 4.69) is 5.32 Å². The molecule has 0 radical (unpaired) electrons. The maximum Gasteiger partial charge on any atom is 0.497 e. The maximum atomic E-state index is 14.9. The lowest BCUT2D eigenvalue weighted by Crippen LogP contribution is -2.42.